The molecule has 0 bridgehead atoms. The van der Waals surface area contributed by atoms with Crippen molar-refractivity contribution in [3.05, 3.63) is 65.0 Å². The molecule has 8 heteroatoms. The summed E-state index contributed by atoms with van der Waals surface area (Å²) in [4.78, 5) is 47.8. The maximum atomic E-state index is 13.9. The van der Waals surface area contributed by atoms with E-state index in [1.54, 1.807) is 18.3 Å². The van der Waals surface area contributed by atoms with Crippen LogP contribution in [0.5, 0.6) is 0 Å². The number of carbonyl (C=O) groups excluding carboxylic acids is 3. The van der Waals surface area contributed by atoms with Crippen LogP contribution in [0.1, 0.15) is 52.9 Å². The molecule has 1 aromatic carbocycles. The number of nitrogens with zero attached hydrogens (tertiary/aromatic N) is 3. The molecule has 35 heavy (non-hydrogen) atoms. The first-order chi connectivity index (χ1) is 16.9. The molecule has 2 atom stereocenters. The van der Waals surface area contributed by atoms with Crippen molar-refractivity contribution in [2.24, 2.45) is 5.92 Å². The molecule has 5 rings (SSSR count). The van der Waals surface area contributed by atoms with Crippen molar-refractivity contribution in [2.45, 2.75) is 51.2 Å². The maximum absolute atomic E-state index is 13.9. The highest BCUT2D eigenvalue weighted by atomic mass is 16.5. The van der Waals surface area contributed by atoms with Crippen LogP contribution < -0.4 is 5.32 Å². The van der Waals surface area contributed by atoms with Gasteiger partial charge in [-0.05, 0) is 63.8 Å². The third kappa shape index (κ3) is 4.31. The number of likely N-dealkylation sites (tertiary alicyclic amines) is 1. The third-order valence-electron chi connectivity index (χ3n) is 7.47. The largest absolute Gasteiger partial charge is 0.376 e. The van der Waals surface area contributed by atoms with Crippen LogP contribution in [-0.2, 0) is 15.1 Å². The second kappa shape index (κ2) is 9.41. The average Bonchev–Trinajstić information content (AvgIpc) is 3.46. The molecule has 0 aliphatic carbocycles. The number of aryl methyl sites for hydroxylation is 2. The third-order valence-corrected chi connectivity index (χ3v) is 7.47. The van der Waals surface area contributed by atoms with Crippen LogP contribution in [-0.4, -0.2) is 65.0 Å². The Bertz CT molecular complexity index is 1100. The van der Waals surface area contributed by atoms with Gasteiger partial charge in [-0.3, -0.25) is 19.5 Å². The van der Waals surface area contributed by atoms with Crippen molar-refractivity contribution in [3.63, 3.8) is 0 Å². The molecule has 0 spiro atoms. The predicted molar refractivity (Wildman–Crippen MR) is 130 cm³/mol. The molecular weight excluding hydrogens is 444 g/mol. The van der Waals surface area contributed by atoms with Crippen molar-refractivity contribution >= 4 is 17.8 Å². The zero-order valence-electron chi connectivity index (χ0n) is 20.3. The summed E-state index contributed by atoms with van der Waals surface area (Å²) < 4.78 is 5.70. The molecule has 2 aromatic rings. The number of piperidine rings is 1. The molecule has 0 radical (unpaired) electrons. The molecule has 3 fully saturated rings. The van der Waals surface area contributed by atoms with Crippen LogP contribution in [0.4, 0.5) is 4.79 Å². The minimum absolute atomic E-state index is 0.00364. The van der Waals surface area contributed by atoms with Crippen LogP contribution in [0.2, 0.25) is 0 Å². The first-order valence-corrected chi connectivity index (χ1v) is 12.4. The number of rotatable bonds is 5. The highest BCUT2D eigenvalue weighted by Gasteiger charge is 2.58. The molecule has 8 nitrogen and oxygen atoms in total. The van der Waals surface area contributed by atoms with Gasteiger partial charge in [0.2, 0.25) is 0 Å². The second-order valence-corrected chi connectivity index (χ2v) is 9.95. The lowest BCUT2D eigenvalue weighted by Gasteiger charge is -2.40. The van der Waals surface area contributed by atoms with Gasteiger partial charge < -0.3 is 15.0 Å². The summed E-state index contributed by atoms with van der Waals surface area (Å²) in [6, 6.07) is 10.9. The van der Waals surface area contributed by atoms with Gasteiger partial charge in [0.15, 0.2) is 5.54 Å². The van der Waals surface area contributed by atoms with E-state index >= 15 is 0 Å². The van der Waals surface area contributed by atoms with Gasteiger partial charge in [-0.15, -0.1) is 0 Å². The fraction of sp³-hybridized carbons (Fsp3) is 0.481. The molecule has 0 unspecified atom stereocenters. The lowest BCUT2D eigenvalue weighted by Crippen LogP contribution is -2.54. The molecule has 4 amide bonds. The van der Waals surface area contributed by atoms with E-state index in [4.69, 9.17) is 4.74 Å². The Balaban J connectivity index is 1.38. The van der Waals surface area contributed by atoms with Gasteiger partial charge in [0.05, 0.1) is 18.3 Å². The van der Waals surface area contributed by atoms with Gasteiger partial charge in [0.1, 0.15) is 0 Å². The summed E-state index contributed by atoms with van der Waals surface area (Å²) in [5.74, 6) is -0.439. The van der Waals surface area contributed by atoms with Gasteiger partial charge in [0.25, 0.3) is 11.8 Å². The predicted octanol–water partition coefficient (Wildman–Crippen LogP) is 3.18. The Labute approximate surface area is 205 Å². The van der Waals surface area contributed by atoms with E-state index in [1.165, 1.54) is 4.90 Å². The minimum atomic E-state index is -1.23. The molecule has 3 aliphatic heterocycles. The monoisotopic (exact) mass is 476 g/mol. The smallest absolute Gasteiger partial charge is 0.325 e. The Morgan fingerprint density at radius 1 is 1.11 bits per heavy atom. The molecule has 1 aromatic heterocycles. The molecule has 4 heterocycles. The van der Waals surface area contributed by atoms with Crippen molar-refractivity contribution in [2.75, 3.05) is 26.2 Å². The summed E-state index contributed by atoms with van der Waals surface area (Å²) in [6.07, 6.45) is 4.48. The maximum Gasteiger partial charge on any atom is 0.325 e. The van der Waals surface area contributed by atoms with E-state index in [0.717, 1.165) is 24.0 Å². The normalized spacial score (nSPS) is 25.3. The van der Waals surface area contributed by atoms with E-state index < -0.39 is 11.6 Å². The number of benzene rings is 1. The van der Waals surface area contributed by atoms with Crippen molar-refractivity contribution < 1.29 is 19.1 Å². The van der Waals surface area contributed by atoms with Crippen LogP contribution in [0.25, 0.3) is 0 Å². The number of amides is 4. The molecule has 3 aliphatic rings. The molecule has 1 N–H and O–H groups in total. The van der Waals surface area contributed by atoms with E-state index in [-0.39, 0.29) is 30.4 Å². The Kier molecular flexibility index (Phi) is 6.32. The van der Waals surface area contributed by atoms with E-state index in [9.17, 15) is 14.4 Å². The van der Waals surface area contributed by atoms with Crippen molar-refractivity contribution in [1.82, 2.24) is 20.1 Å². The first kappa shape index (κ1) is 23.5. The Morgan fingerprint density at radius 2 is 1.86 bits per heavy atom. The van der Waals surface area contributed by atoms with Gasteiger partial charge in [-0.2, -0.15) is 0 Å². The van der Waals surface area contributed by atoms with E-state index in [2.05, 4.69) is 16.4 Å². The fourth-order valence-corrected chi connectivity index (χ4v) is 5.80. The number of nitrogens with one attached hydrogen (secondary N) is 1. The van der Waals surface area contributed by atoms with Crippen LogP contribution >= 0.6 is 0 Å². The number of imide groups is 1. The SMILES string of the molecule is Cc1cc(C)cc(C(=O)N2CCC([C@@]3(c4ccccn4)NC(=O)N(C[C@@H]4CCCO4)C3=O)CC2)c1. The minimum Gasteiger partial charge on any atom is -0.376 e. The Morgan fingerprint density at radius 3 is 2.49 bits per heavy atom. The number of pyridine rings is 1. The molecular formula is C27H32N4O4. The standard InChI is InChI=1S/C27H32N4O4/c1-18-14-19(2)16-20(15-18)24(32)30-11-8-21(9-12-30)27(23-7-3-4-10-28-23)25(33)31(26(34)29-27)17-22-6-5-13-35-22/h3-4,7,10,14-16,21-22H,5-6,8-9,11-13,17H2,1-2H3,(H,29,34)/t22-,27-/m0/s1. The summed E-state index contributed by atoms with van der Waals surface area (Å²) in [5, 5.41) is 3.03. The number of hydrogen-bond acceptors (Lipinski definition) is 5. The van der Waals surface area contributed by atoms with Crippen molar-refractivity contribution in [3.8, 4) is 0 Å². The lowest BCUT2D eigenvalue weighted by molar-refractivity contribution is -0.135. The molecule has 184 valence electrons. The summed E-state index contributed by atoms with van der Waals surface area (Å²) in [7, 11) is 0. The van der Waals surface area contributed by atoms with Gasteiger partial charge in [-0.1, -0.05) is 23.3 Å². The van der Waals surface area contributed by atoms with Gasteiger partial charge in [-0.25, -0.2) is 4.79 Å². The zero-order valence-corrected chi connectivity index (χ0v) is 20.3. The summed E-state index contributed by atoms with van der Waals surface area (Å²) in [6.45, 7) is 5.92. The lowest BCUT2D eigenvalue weighted by atomic mass is 9.75. The molecule has 0 saturated carbocycles. The quantitative estimate of drug-likeness (QED) is 0.670. The molecule has 3 saturated heterocycles. The van der Waals surface area contributed by atoms with Crippen molar-refractivity contribution in [1.29, 1.82) is 0 Å². The topological polar surface area (TPSA) is 91.8 Å². The fourth-order valence-electron chi connectivity index (χ4n) is 5.80. The number of ether oxygens (including phenoxy) is 1. The number of aromatic nitrogens is 1. The number of carbonyl (C=O) groups is 3. The highest BCUT2D eigenvalue weighted by molar-refractivity contribution is 6.07. The summed E-state index contributed by atoms with van der Waals surface area (Å²) in [5.41, 5.74) is 2.12. The number of urea groups is 1. The average molecular weight is 477 g/mol. The summed E-state index contributed by atoms with van der Waals surface area (Å²) >= 11 is 0. The number of hydrogen-bond donors (Lipinski definition) is 1. The van der Waals surface area contributed by atoms with Crippen LogP contribution in [0.3, 0.4) is 0 Å². The van der Waals surface area contributed by atoms with Crippen LogP contribution in [0, 0.1) is 19.8 Å². The van der Waals surface area contributed by atoms with Gasteiger partial charge in [0, 0.05) is 37.4 Å². The van der Waals surface area contributed by atoms with E-state index in [0.29, 0.717) is 43.8 Å². The van der Waals surface area contributed by atoms with E-state index in [1.807, 2.05) is 36.9 Å². The Hall–Kier alpha value is -3.26. The highest BCUT2D eigenvalue weighted by Crippen LogP contribution is 2.41. The second-order valence-electron chi connectivity index (χ2n) is 9.95. The zero-order chi connectivity index (χ0) is 24.6. The first-order valence-electron chi connectivity index (χ1n) is 12.4. The van der Waals surface area contributed by atoms with Gasteiger partial charge >= 0.3 is 6.03 Å². The van der Waals surface area contributed by atoms with Crippen LogP contribution in [0.15, 0.2) is 42.6 Å².